The zero-order chi connectivity index (χ0) is 12.4. The van der Waals surface area contributed by atoms with Gasteiger partial charge in [-0.25, -0.2) is 4.98 Å². The molecule has 5 heteroatoms. The van der Waals surface area contributed by atoms with Gasteiger partial charge in [-0.2, -0.15) is 0 Å². The summed E-state index contributed by atoms with van der Waals surface area (Å²) in [7, 11) is 1.49. The zero-order valence-corrected chi connectivity index (χ0v) is 10.2. The Hall–Kier alpha value is -1.20. The third-order valence-corrected chi connectivity index (χ3v) is 2.79. The van der Waals surface area contributed by atoms with Crippen LogP contribution in [0.25, 0.3) is 0 Å². The molecule has 16 heavy (non-hydrogen) atoms. The van der Waals surface area contributed by atoms with Gasteiger partial charge in [0, 0.05) is 18.9 Å². The maximum atomic E-state index is 10.6. The first-order chi connectivity index (χ1) is 7.36. The Bertz CT molecular complexity index is 362. The normalized spacial score (nSPS) is 15.6. The summed E-state index contributed by atoms with van der Waals surface area (Å²) in [5.74, 6) is 0.311. The lowest BCUT2D eigenvalue weighted by atomic mass is 9.74. The number of nitrogens with zero attached hydrogens (tertiary/aromatic N) is 2. The molecule has 0 aromatic carbocycles. The summed E-state index contributed by atoms with van der Waals surface area (Å²) in [6, 6.07) is 0. The van der Waals surface area contributed by atoms with Gasteiger partial charge in [0.2, 0.25) is 5.88 Å². The van der Waals surface area contributed by atoms with E-state index in [-0.39, 0.29) is 6.54 Å². The van der Waals surface area contributed by atoms with Gasteiger partial charge in [-0.3, -0.25) is 4.98 Å². The number of hydrogen-bond acceptors (Lipinski definition) is 5. The number of hydrogen-bond donors (Lipinski definition) is 2. The van der Waals surface area contributed by atoms with Crippen molar-refractivity contribution >= 4 is 0 Å². The third-order valence-electron chi connectivity index (χ3n) is 2.79. The van der Waals surface area contributed by atoms with Crippen LogP contribution in [0.2, 0.25) is 0 Å². The summed E-state index contributed by atoms with van der Waals surface area (Å²) in [6.45, 7) is 5.75. The first kappa shape index (κ1) is 12.9. The van der Waals surface area contributed by atoms with Crippen LogP contribution in [0.3, 0.4) is 0 Å². The number of ether oxygens (including phenoxy) is 1. The molecule has 1 rings (SSSR count). The van der Waals surface area contributed by atoms with Crippen molar-refractivity contribution in [2.45, 2.75) is 26.4 Å². The van der Waals surface area contributed by atoms with Crippen LogP contribution in [-0.4, -0.2) is 28.7 Å². The molecule has 90 valence electrons. The van der Waals surface area contributed by atoms with E-state index in [9.17, 15) is 5.11 Å². The van der Waals surface area contributed by atoms with Crippen molar-refractivity contribution < 1.29 is 9.84 Å². The van der Waals surface area contributed by atoms with Gasteiger partial charge < -0.3 is 15.6 Å². The molecule has 5 nitrogen and oxygen atoms in total. The molecule has 0 aliphatic rings. The van der Waals surface area contributed by atoms with Gasteiger partial charge in [0.15, 0.2) is 0 Å². The van der Waals surface area contributed by atoms with Gasteiger partial charge in [-0.1, -0.05) is 20.8 Å². The standard InChI is InChI=1S/C11H19N3O2/c1-10(2,3)11(15,7-12)8-9(16-4)14-6-5-13-8/h5-6,15H,7,12H2,1-4H3. The second kappa shape index (κ2) is 4.35. The predicted octanol–water partition coefficient (Wildman–Crippen LogP) is 0.678. The van der Waals surface area contributed by atoms with E-state index in [4.69, 9.17) is 10.5 Å². The van der Waals surface area contributed by atoms with Crippen LogP contribution in [0.5, 0.6) is 5.88 Å². The van der Waals surface area contributed by atoms with Crippen LogP contribution in [-0.2, 0) is 5.60 Å². The van der Waals surface area contributed by atoms with E-state index in [2.05, 4.69) is 9.97 Å². The number of aromatic nitrogens is 2. The molecule has 0 aliphatic heterocycles. The highest BCUT2D eigenvalue weighted by atomic mass is 16.5. The van der Waals surface area contributed by atoms with Crippen molar-refractivity contribution in [3.05, 3.63) is 18.1 Å². The summed E-state index contributed by atoms with van der Waals surface area (Å²) < 4.78 is 5.10. The monoisotopic (exact) mass is 225 g/mol. The van der Waals surface area contributed by atoms with E-state index >= 15 is 0 Å². The lowest BCUT2D eigenvalue weighted by molar-refractivity contribution is -0.0613. The Morgan fingerprint density at radius 3 is 2.31 bits per heavy atom. The quantitative estimate of drug-likeness (QED) is 0.790. The topological polar surface area (TPSA) is 81.3 Å². The summed E-state index contributed by atoms with van der Waals surface area (Å²) in [4.78, 5) is 8.17. The van der Waals surface area contributed by atoms with Crippen molar-refractivity contribution in [1.29, 1.82) is 0 Å². The summed E-state index contributed by atoms with van der Waals surface area (Å²) in [5.41, 5.74) is 4.35. The van der Waals surface area contributed by atoms with Gasteiger partial charge in [0.25, 0.3) is 0 Å². The summed E-state index contributed by atoms with van der Waals surface area (Å²) in [6.07, 6.45) is 3.03. The van der Waals surface area contributed by atoms with Crippen LogP contribution in [0.1, 0.15) is 26.5 Å². The highest BCUT2D eigenvalue weighted by Gasteiger charge is 2.44. The Morgan fingerprint density at radius 1 is 1.31 bits per heavy atom. The molecule has 1 aromatic rings. The van der Waals surface area contributed by atoms with Crippen LogP contribution in [0.15, 0.2) is 12.4 Å². The van der Waals surface area contributed by atoms with Crippen LogP contribution in [0.4, 0.5) is 0 Å². The molecule has 0 saturated heterocycles. The van der Waals surface area contributed by atoms with Gasteiger partial charge >= 0.3 is 0 Å². The maximum Gasteiger partial charge on any atom is 0.238 e. The molecule has 0 fully saturated rings. The molecule has 0 bridgehead atoms. The van der Waals surface area contributed by atoms with E-state index in [0.29, 0.717) is 11.6 Å². The van der Waals surface area contributed by atoms with Crippen LogP contribution >= 0.6 is 0 Å². The van der Waals surface area contributed by atoms with Crippen molar-refractivity contribution in [2.75, 3.05) is 13.7 Å². The average molecular weight is 225 g/mol. The Kier molecular flexibility index (Phi) is 3.50. The van der Waals surface area contributed by atoms with E-state index < -0.39 is 11.0 Å². The molecule has 3 N–H and O–H groups in total. The van der Waals surface area contributed by atoms with E-state index in [1.54, 1.807) is 0 Å². The SMILES string of the molecule is COc1nccnc1C(O)(CN)C(C)(C)C. The van der Waals surface area contributed by atoms with E-state index in [0.717, 1.165) is 0 Å². The van der Waals surface area contributed by atoms with Crippen LogP contribution in [0, 0.1) is 5.41 Å². The zero-order valence-electron chi connectivity index (χ0n) is 10.2. The van der Waals surface area contributed by atoms with Gasteiger partial charge in [0.1, 0.15) is 11.3 Å². The van der Waals surface area contributed by atoms with Crippen LogP contribution < -0.4 is 10.5 Å². The first-order valence-electron chi connectivity index (χ1n) is 5.14. The lowest BCUT2D eigenvalue weighted by Gasteiger charge is -2.38. The predicted molar refractivity (Wildman–Crippen MR) is 61.0 cm³/mol. The first-order valence-corrected chi connectivity index (χ1v) is 5.14. The van der Waals surface area contributed by atoms with E-state index in [1.807, 2.05) is 20.8 Å². The number of methoxy groups -OCH3 is 1. The number of rotatable bonds is 3. The second-order valence-corrected chi connectivity index (χ2v) is 4.73. The highest BCUT2D eigenvalue weighted by molar-refractivity contribution is 5.27. The van der Waals surface area contributed by atoms with Gasteiger partial charge in [-0.15, -0.1) is 0 Å². The van der Waals surface area contributed by atoms with Crippen molar-refractivity contribution in [2.24, 2.45) is 11.1 Å². The minimum absolute atomic E-state index is 0.0611. The second-order valence-electron chi connectivity index (χ2n) is 4.73. The molecule has 1 aromatic heterocycles. The largest absolute Gasteiger partial charge is 0.480 e. The number of aliphatic hydroxyl groups is 1. The molecular weight excluding hydrogens is 206 g/mol. The third kappa shape index (κ3) is 2.01. The minimum Gasteiger partial charge on any atom is -0.480 e. The van der Waals surface area contributed by atoms with Crippen molar-refractivity contribution in [3.63, 3.8) is 0 Å². The Balaban J connectivity index is 3.33. The molecule has 1 atom stereocenters. The van der Waals surface area contributed by atoms with Crippen molar-refractivity contribution in [3.8, 4) is 5.88 Å². The molecule has 0 aliphatic carbocycles. The highest BCUT2D eigenvalue weighted by Crippen LogP contribution is 2.40. The lowest BCUT2D eigenvalue weighted by Crippen LogP contribution is -2.47. The molecule has 0 amide bonds. The summed E-state index contributed by atoms with van der Waals surface area (Å²) >= 11 is 0. The van der Waals surface area contributed by atoms with Crippen molar-refractivity contribution in [1.82, 2.24) is 9.97 Å². The average Bonchev–Trinajstić information content (AvgIpc) is 2.26. The number of nitrogens with two attached hydrogens (primary N) is 1. The Labute approximate surface area is 95.7 Å². The molecule has 0 radical (unpaired) electrons. The van der Waals surface area contributed by atoms with Gasteiger partial charge in [0.05, 0.1) is 7.11 Å². The molecule has 1 heterocycles. The molecule has 1 unspecified atom stereocenters. The Morgan fingerprint density at radius 2 is 1.88 bits per heavy atom. The van der Waals surface area contributed by atoms with E-state index in [1.165, 1.54) is 19.5 Å². The molecular formula is C11H19N3O2. The fourth-order valence-corrected chi connectivity index (χ4v) is 1.52. The minimum atomic E-state index is -1.26. The fourth-order valence-electron chi connectivity index (χ4n) is 1.52. The summed E-state index contributed by atoms with van der Waals surface area (Å²) in [5, 5.41) is 10.6. The molecule has 0 saturated carbocycles. The maximum absolute atomic E-state index is 10.6. The smallest absolute Gasteiger partial charge is 0.238 e. The fraction of sp³-hybridized carbons (Fsp3) is 0.636. The van der Waals surface area contributed by atoms with Gasteiger partial charge in [-0.05, 0) is 5.41 Å². The molecule has 0 spiro atoms.